The highest BCUT2D eigenvalue weighted by Crippen LogP contribution is 2.60. The topological polar surface area (TPSA) is 0 Å². The summed E-state index contributed by atoms with van der Waals surface area (Å²) in [4.78, 5) is 0. The monoisotopic (exact) mass is 231 g/mol. The molecule has 93 valence electrons. The molecule has 0 fully saturated rings. The second kappa shape index (κ2) is 9.64. The summed E-state index contributed by atoms with van der Waals surface area (Å²) in [6, 6.07) is 0. The zero-order valence-corrected chi connectivity index (χ0v) is 12.4. The molecule has 0 aliphatic rings. The van der Waals surface area contributed by atoms with E-state index in [9.17, 15) is 0 Å². The van der Waals surface area contributed by atoms with Crippen molar-refractivity contribution in [2.24, 2.45) is 0 Å². The molecule has 0 saturated heterocycles. The van der Waals surface area contributed by atoms with Crippen LogP contribution in [0.4, 0.5) is 0 Å². The Hall–Kier alpha value is 0.430. The van der Waals surface area contributed by atoms with Gasteiger partial charge in [-0.2, -0.15) is 0 Å². The molecular weight excluding hydrogens is 199 g/mol. The van der Waals surface area contributed by atoms with Crippen molar-refractivity contribution < 1.29 is 0 Å². The van der Waals surface area contributed by atoms with Crippen LogP contribution >= 0.6 is 7.26 Å². The first-order valence-corrected chi connectivity index (χ1v) is 9.62. The lowest BCUT2D eigenvalue weighted by Gasteiger charge is -2.37. The van der Waals surface area contributed by atoms with Gasteiger partial charge in [0, 0.05) is 0 Å². The van der Waals surface area contributed by atoms with Crippen LogP contribution < -0.4 is 0 Å². The van der Waals surface area contributed by atoms with Crippen molar-refractivity contribution in [2.45, 2.75) is 66.2 Å². The SMILES string of the molecule is CCCC[P](CCC)(CCC)CCCC. The number of unbranched alkanes of at least 4 members (excludes halogenated alkanes) is 2. The van der Waals surface area contributed by atoms with Crippen LogP contribution in [0.25, 0.3) is 0 Å². The van der Waals surface area contributed by atoms with Crippen LogP contribution in [-0.2, 0) is 0 Å². The summed E-state index contributed by atoms with van der Waals surface area (Å²) in [5.74, 6) is 0. The summed E-state index contributed by atoms with van der Waals surface area (Å²) in [7, 11) is -0.529. The van der Waals surface area contributed by atoms with E-state index in [0.717, 1.165) is 0 Å². The molecule has 0 unspecified atom stereocenters. The molecule has 0 rings (SSSR count). The molecule has 0 aliphatic heterocycles. The summed E-state index contributed by atoms with van der Waals surface area (Å²) in [5.41, 5.74) is 0. The van der Waals surface area contributed by atoms with Gasteiger partial charge in [-0.15, -0.1) is 7.26 Å². The maximum atomic E-state index is 2.38. The normalized spacial score (nSPS) is 12.0. The van der Waals surface area contributed by atoms with Gasteiger partial charge in [0.1, 0.15) is 0 Å². The molecule has 0 aliphatic carbocycles. The van der Waals surface area contributed by atoms with Crippen LogP contribution in [0.5, 0.6) is 0 Å². The predicted molar refractivity (Wildman–Crippen MR) is 76.8 cm³/mol. The van der Waals surface area contributed by atoms with Crippen molar-refractivity contribution in [3.63, 3.8) is 0 Å². The summed E-state index contributed by atoms with van der Waals surface area (Å²) >= 11 is 0. The predicted octanol–water partition coefficient (Wildman–Crippen LogP) is 5.42. The lowest BCUT2D eigenvalue weighted by Crippen LogP contribution is -2.11. The smallest absolute Gasteiger partial charge is 0.0359 e. The Morgan fingerprint density at radius 3 is 1.20 bits per heavy atom. The first kappa shape index (κ1) is 15.4. The molecule has 0 saturated carbocycles. The van der Waals surface area contributed by atoms with Gasteiger partial charge in [-0.05, 0) is 37.5 Å². The van der Waals surface area contributed by atoms with Gasteiger partial charge < -0.3 is 0 Å². The number of rotatable bonds is 10. The molecule has 0 aromatic rings. The molecule has 1 radical (unpaired) electrons. The van der Waals surface area contributed by atoms with Crippen LogP contribution in [0.15, 0.2) is 0 Å². The molecular formula is C14H32P. The highest BCUT2D eigenvalue weighted by molar-refractivity contribution is 7.75. The van der Waals surface area contributed by atoms with Gasteiger partial charge >= 0.3 is 0 Å². The average molecular weight is 231 g/mol. The average Bonchev–Trinajstić information content (AvgIpc) is 2.24. The van der Waals surface area contributed by atoms with Crippen molar-refractivity contribution in [3.05, 3.63) is 0 Å². The van der Waals surface area contributed by atoms with Gasteiger partial charge in [0.25, 0.3) is 0 Å². The molecule has 1 heteroatoms. The highest BCUT2D eigenvalue weighted by atomic mass is 31.2. The first-order valence-electron chi connectivity index (χ1n) is 7.09. The van der Waals surface area contributed by atoms with Gasteiger partial charge in [0.15, 0.2) is 0 Å². The fourth-order valence-corrected chi connectivity index (χ4v) is 7.82. The van der Waals surface area contributed by atoms with Crippen LogP contribution in [0.1, 0.15) is 66.2 Å². The molecule has 0 atom stereocenters. The zero-order chi connectivity index (χ0) is 11.6. The third kappa shape index (κ3) is 6.56. The van der Waals surface area contributed by atoms with Gasteiger partial charge in [-0.25, -0.2) is 0 Å². The molecule has 15 heavy (non-hydrogen) atoms. The molecule has 0 N–H and O–H groups in total. The molecule has 0 nitrogen and oxygen atoms in total. The fourth-order valence-electron chi connectivity index (χ4n) is 2.61. The lowest BCUT2D eigenvalue weighted by molar-refractivity contribution is 0.846. The summed E-state index contributed by atoms with van der Waals surface area (Å²) in [5, 5.41) is 0. The van der Waals surface area contributed by atoms with Crippen LogP contribution in [-0.4, -0.2) is 24.6 Å². The Kier molecular flexibility index (Phi) is 9.92. The van der Waals surface area contributed by atoms with E-state index in [0.29, 0.717) is 0 Å². The third-order valence-corrected chi connectivity index (χ3v) is 8.69. The summed E-state index contributed by atoms with van der Waals surface area (Å²) in [6.45, 7) is 9.43. The Labute approximate surface area is 98.6 Å². The Morgan fingerprint density at radius 1 is 0.533 bits per heavy atom. The minimum absolute atomic E-state index is 0.529. The maximum Gasteiger partial charge on any atom is -0.0359 e. The van der Waals surface area contributed by atoms with Crippen molar-refractivity contribution in [1.82, 2.24) is 0 Å². The fraction of sp³-hybridized carbons (Fsp3) is 1.00. The maximum absolute atomic E-state index is 2.38. The van der Waals surface area contributed by atoms with Crippen LogP contribution in [0.3, 0.4) is 0 Å². The third-order valence-electron chi connectivity index (χ3n) is 3.37. The van der Waals surface area contributed by atoms with E-state index < -0.39 is 7.26 Å². The van der Waals surface area contributed by atoms with Crippen molar-refractivity contribution in [2.75, 3.05) is 24.6 Å². The van der Waals surface area contributed by atoms with Gasteiger partial charge in [0.2, 0.25) is 0 Å². The minimum Gasteiger partial charge on any atom is -0.125 e. The quantitative estimate of drug-likeness (QED) is 0.440. The standard InChI is InChI=1S/C14H32P/c1-5-9-13-15(11-7-3,12-8-4)14-10-6-2/h5-14H2,1-4H3. The number of hydrogen-bond donors (Lipinski definition) is 0. The highest BCUT2D eigenvalue weighted by Gasteiger charge is 2.23. The zero-order valence-electron chi connectivity index (χ0n) is 11.5. The van der Waals surface area contributed by atoms with E-state index in [2.05, 4.69) is 27.7 Å². The van der Waals surface area contributed by atoms with Crippen molar-refractivity contribution in [1.29, 1.82) is 0 Å². The Morgan fingerprint density at radius 2 is 0.933 bits per heavy atom. The van der Waals surface area contributed by atoms with Crippen molar-refractivity contribution in [3.8, 4) is 0 Å². The van der Waals surface area contributed by atoms with E-state index in [1.165, 1.54) is 38.5 Å². The largest absolute Gasteiger partial charge is 0.125 e. The van der Waals surface area contributed by atoms with Gasteiger partial charge in [-0.3, -0.25) is 0 Å². The first-order chi connectivity index (χ1) is 7.24. The second-order valence-corrected chi connectivity index (χ2v) is 9.42. The minimum atomic E-state index is -0.529. The molecule has 0 amide bonds. The molecule has 0 spiro atoms. The summed E-state index contributed by atoms with van der Waals surface area (Å²) < 4.78 is 0. The second-order valence-electron chi connectivity index (χ2n) is 4.94. The molecule has 0 aromatic carbocycles. The van der Waals surface area contributed by atoms with E-state index >= 15 is 0 Å². The van der Waals surface area contributed by atoms with E-state index in [1.807, 2.05) is 0 Å². The van der Waals surface area contributed by atoms with E-state index in [4.69, 9.17) is 0 Å². The summed E-state index contributed by atoms with van der Waals surface area (Å²) in [6.07, 6.45) is 14.9. The van der Waals surface area contributed by atoms with Gasteiger partial charge in [-0.1, -0.05) is 53.4 Å². The Balaban J connectivity index is 4.26. The van der Waals surface area contributed by atoms with Gasteiger partial charge in [0.05, 0.1) is 0 Å². The lowest BCUT2D eigenvalue weighted by atomic mass is 10.4. The molecule has 0 bridgehead atoms. The molecule has 0 heterocycles. The van der Waals surface area contributed by atoms with E-state index in [-0.39, 0.29) is 0 Å². The molecule has 0 aromatic heterocycles. The van der Waals surface area contributed by atoms with Crippen LogP contribution in [0, 0.1) is 0 Å². The van der Waals surface area contributed by atoms with E-state index in [1.54, 1.807) is 24.6 Å². The van der Waals surface area contributed by atoms with Crippen molar-refractivity contribution >= 4 is 7.26 Å². The van der Waals surface area contributed by atoms with Crippen LogP contribution in [0.2, 0.25) is 0 Å². The Bertz CT molecular complexity index is 115. The number of hydrogen-bond acceptors (Lipinski definition) is 0.